The zero-order chi connectivity index (χ0) is 23.6. The maximum Gasteiger partial charge on any atom is 0.411 e. The molecule has 2 aromatic rings. The van der Waals surface area contributed by atoms with Crippen LogP contribution in [0.3, 0.4) is 0 Å². The minimum absolute atomic E-state index is 0.0717. The van der Waals surface area contributed by atoms with Gasteiger partial charge in [0, 0.05) is 34.1 Å². The topological polar surface area (TPSA) is 123 Å². The fourth-order valence-electron chi connectivity index (χ4n) is 3.71. The van der Waals surface area contributed by atoms with E-state index in [0.717, 1.165) is 4.90 Å². The molecule has 32 heavy (non-hydrogen) atoms. The molecule has 9 nitrogen and oxygen atoms in total. The van der Waals surface area contributed by atoms with Gasteiger partial charge in [-0.2, -0.15) is 5.26 Å². The minimum Gasteiger partial charge on any atom is -0.496 e. The maximum absolute atomic E-state index is 13.0. The number of anilines is 1. The molecule has 0 spiro atoms. The highest BCUT2D eigenvalue weighted by atomic mass is 79.9. The summed E-state index contributed by atoms with van der Waals surface area (Å²) in [7, 11) is -1.03. The number of nitrogens with one attached hydrogen (secondary N) is 1. The number of nitrogens with zero attached hydrogens (tertiary/aromatic N) is 3. The van der Waals surface area contributed by atoms with Crippen LogP contribution < -0.4 is 14.4 Å². The summed E-state index contributed by atoms with van der Waals surface area (Å²) in [5.41, 5.74) is 0.868. The first-order valence-electron chi connectivity index (χ1n) is 9.36. The SMILES string of the molecule is COc1cccc(N(C)C(=O)O)c1[C@H]1C[C@@H](NS(=O)(=O)c2cc(Br)ccc2Br)CN1C#N. The molecule has 3 rings (SSSR count). The molecular weight excluding hydrogens is 568 g/mol. The van der Waals surface area contributed by atoms with Crippen molar-refractivity contribution in [3.63, 3.8) is 0 Å². The van der Waals surface area contributed by atoms with Gasteiger partial charge in [-0.1, -0.05) is 22.0 Å². The predicted molar refractivity (Wildman–Crippen MR) is 125 cm³/mol. The van der Waals surface area contributed by atoms with Crippen molar-refractivity contribution in [3.8, 4) is 11.9 Å². The van der Waals surface area contributed by atoms with Gasteiger partial charge in [0.25, 0.3) is 0 Å². The lowest BCUT2D eigenvalue weighted by molar-refractivity contribution is 0.203. The molecule has 1 aliphatic rings. The molecule has 1 amide bonds. The second-order valence-electron chi connectivity index (χ2n) is 7.13. The summed E-state index contributed by atoms with van der Waals surface area (Å²) >= 11 is 6.55. The fraction of sp³-hybridized carbons (Fsp3) is 0.300. The summed E-state index contributed by atoms with van der Waals surface area (Å²) in [4.78, 5) is 14.1. The summed E-state index contributed by atoms with van der Waals surface area (Å²) in [6, 6.07) is 8.64. The molecule has 2 aromatic carbocycles. The van der Waals surface area contributed by atoms with Crippen LogP contribution in [0.4, 0.5) is 10.5 Å². The lowest BCUT2D eigenvalue weighted by Crippen LogP contribution is -2.36. The van der Waals surface area contributed by atoms with E-state index < -0.39 is 28.2 Å². The van der Waals surface area contributed by atoms with Crippen LogP contribution in [0.15, 0.2) is 50.2 Å². The number of sulfonamides is 1. The Hall–Kier alpha value is -2.33. The summed E-state index contributed by atoms with van der Waals surface area (Å²) in [5, 5.41) is 19.2. The molecule has 0 aromatic heterocycles. The highest BCUT2D eigenvalue weighted by Gasteiger charge is 2.39. The maximum atomic E-state index is 13.0. The molecular formula is C20H20Br2N4O5S. The zero-order valence-electron chi connectivity index (χ0n) is 17.1. The van der Waals surface area contributed by atoms with Crippen LogP contribution in [0.25, 0.3) is 0 Å². The third-order valence-corrected chi connectivity index (χ3v) is 8.19. The van der Waals surface area contributed by atoms with Gasteiger partial charge in [-0.05, 0) is 52.7 Å². The number of carboxylic acid groups (broad SMARTS) is 1. The lowest BCUT2D eigenvalue weighted by Gasteiger charge is -2.26. The van der Waals surface area contributed by atoms with E-state index in [1.165, 1.54) is 25.1 Å². The van der Waals surface area contributed by atoms with Crippen molar-refractivity contribution >= 4 is 53.7 Å². The largest absolute Gasteiger partial charge is 0.496 e. The summed E-state index contributed by atoms with van der Waals surface area (Å²) in [6.45, 7) is 0.125. The highest BCUT2D eigenvalue weighted by molar-refractivity contribution is 9.11. The van der Waals surface area contributed by atoms with E-state index in [4.69, 9.17) is 4.74 Å². The minimum atomic E-state index is -3.89. The molecule has 1 fully saturated rings. The summed E-state index contributed by atoms with van der Waals surface area (Å²) in [5.74, 6) is 0.416. The van der Waals surface area contributed by atoms with E-state index in [0.29, 0.717) is 25.9 Å². The second-order valence-corrected chi connectivity index (χ2v) is 10.6. The number of hydrogen-bond donors (Lipinski definition) is 2. The van der Waals surface area contributed by atoms with Crippen molar-refractivity contribution in [1.82, 2.24) is 9.62 Å². The van der Waals surface area contributed by atoms with Gasteiger partial charge < -0.3 is 14.7 Å². The third kappa shape index (κ3) is 4.85. The van der Waals surface area contributed by atoms with Gasteiger partial charge in [0.15, 0.2) is 6.19 Å². The van der Waals surface area contributed by atoms with Crippen LogP contribution in [0.5, 0.6) is 5.75 Å². The van der Waals surface area contributed by atoms with Gasteiger partial charge in [0.2, 0.25) is 10.0 Å². The van der Waals surface area contributed by atoms with Crippen LogP contribution in [0.2, 0.25) is 0 Å². The molecule has 2 N–H and O–H groups in total. The van der Waals surface area contributed by atoms with Crippen molar-refractivity contribution in [2.75, 3.05) is 25.6 Å². The number of rotatable bonds is 6. The third-order valence-electron chi connectivity index (χ3n) is 5.18. The Labute approximate surface area is 202 Å². The Balaban J connectivity index is 1.96. The Morgan fingerprint density at radius 2 is 2.06 bits per heavy atom. The van der Waals surface area contributed by atoms with E-state index in [-0.39, 0.29) is 17.9 Å². The van der Waals surface area contributed by atoms with Crippen LogP contribution in [-0.4, -0.2) is 51.3 Å². The highest BCUT2D eigenvalue weighted by Crippen LogP contribution is 2.42. The van der Waals surface area contributed by atoms with Crippen molar-refractivity contribution in [2.24, 2.45) is 0 Å². The average molecular weight is 588 g/mol. The first-order chi connectivity index (χ1) is 15.1. The standard InChI is InChI=1S/C20H20Br2N4O5S/c1-25(20(27)28)15-4-3-5-17(31-2)19(15)16-9-13(10-26(16)11-23)24-32(29,30)18-8-12(21)6-7-14(18)22/h3-8,13,16,24H,9-10H2,1-2H3,(H,27,28)/t13-,16-/m1/s1. The summed E-state index contributed by atoms with van der Waals surface area (Å²) in [6.07, 6.45) is 1.18. The van der Waals surface area contributed by atoms with E-state index in [2.05, 4.69) is 42.8 Å². The Bertz CT molecular complexity index is 1180. The van der Waals surface area contributed by atoms with Gasteiger partial charge in [-0.3, -0.25) is 4.90 Å². The molecule has 1 saturated heterocycles. The molecule has 0 radical (unpaired) electrons. The zero-order valence-corrected chi connectivity index (χ0v) is 21.1. The van der Waals surface area contributed by atoms with Gasteiger partial charge in [0.05, 0.1) is 23.7 Å². The number of amides is 1. The van der Waals surface area contributed by atoms with Crippen molar-refractivity contribution in [2.45, 2.75) is 23.4 Å². The molecule has 1 heterocycles. The Morgan fingerprint density at radius 3 is 2.69 bits per heavy atom. The van der Waals surface area contributed by atoms with E-state index in [9.17, 15) is 23.6 Å². The first-order valence-corrected chi connectivity index (χ1v) is 12.4. The second kappa shape index (κ2) is 9.66. The van der Waals surface area contributed by atoms with Crippen LogP contribution >= 0.6 is 31.9 Å². The molecule has 1 aliphatic heterocycles. The number of ether oxygens (including phenoxy) is 1. The van der Waals surface area contributed by atoms with Crippen LogP contribution in [-0.2, 0) is 10.0 Å². The average Bonchev–Trinajstić information content (AvgIpc) is 3.15. The lowest BCUT2D eigenvalue weighted by atomic mass is 9.99. The number of likely N-dealkylation sites (tertiary alicyclic amines) is 1. The smallest absolute Gasteiger partial charge is 0.411 e. The number of halogens is 2. The van der Waals surface area contributed by atoms with E-state index >= 15 is 0 Å². The molecule has 12 heteroatoms. The molecule has 2 atom stereocenters. The monoisotopic (exact) mass is 586 g/mol. The predicted octanol–water partition coefficient (Wildman–Crippen LogP) is 3.91. The molecule has 0 aliphatic carbocycles. The molecule has 0 saturated carbocycles. The van der Waals surface area contributed by atoms with Crippen molar-refractivity contribution in [3.05, 3.63) is 50.9 Å². The van der Waals surface area contributed by atoms with E-state index in [1.54, 1.807) is 30.3 Å². The van der Waals surface area contributed by atoms with Gasteiger partial charge in [0.1, 0.15) is 5.75 Å². The fourth-order valence-corrected chi connectivity index (χ4v) is 6.45. The van der Waals surface area contributed by atoms with Gasteiger partial charge in [-0.25, -0.2) is 17.9 Å². The number of nitriles is 1. The molecule has 0 unspecified atom stereocenters. The Morgan fingerprint density at radius 1 is 1.34 bits per heavy atom. The number of methoxy groups -OCH3 is 1. The van der Waals surface area contributed by atoms with Crippen molar-refractivity contribution in [1.29, 1.82) is 5.26 Å². The van der Waals surface area contributed by atoms with Gasteiger partial charge >= 0.3 is 6.09 Å². The summed E-state index contributed by atoms with van der Waals surface area (Å²) < 4.78 is 35.2. The molecule has 0 bridgehead atoms. The number of benzene rings is 2. The number of carbonyl (C=O) groups is 1. The first kappa shape index (κ1) is 24.3. The van der Waals surface area contributed by atoms with Crippen LogP contribution in [0.1, 0.15) is 18.0 Å². The van der Waals surface area contributed by atoms with Crippen molar-refractivity contribution < 1.29 is 23.1 Å². The van der Waals surface area contributed by atoms with Gasteiger partial charge in [-0.15, -0.1) is 0 Å². The number of hydrogen-bond acceptors (Lipinski definition) is 6. The Kier molecular flexibility index (Phi) is 7.34. The van der Waals surface area contributed by atoms with E-state index in [1.807, 2.05) is 0 Å². The normalized spacial score (nSPS) is 18.3. The quantitative estimate of drug-likeness (QED) is 0.491. The van der Waals surface area contributed by atoms with Crippen LogP contribution in [0, 0.1) is 11.5 Å². The molecule has 170 valence electrons.